The molecule has 1 aromatic heterocycles. The van der Waals surface area contributed by atoms with Gasteiger partial charge in [0.1, 0.15) is 17.4 Å². The SMILES string of the molecule is CC(C)c1cc(C(=O)N[C@@H](CCCN=C(N)CCl)c2nc3ccccc3[nH]2)c(O)c(C(C)C)c1. The molecular formula is C26H34ClN5O2. The number of phenolic OH excluding ortho intramolecular Hbond substituents is 1. The van der Waals surface area contributed by atoms with Crippen molar-refractivity contribution in [2.75, 3.05) is 12.4 Å². The molecule has 0 aliphatic heterocycles. The first-order chi connectivity index (χ1) is 16.2. The van der Waals surface area contributed by atoms with E-state index in [2.05, 4.69) is 34.1 Å². The summed E-state index contributed by atoms with van der Waals surface area (Å²) >= 11 is 5.70. The highest BCUT2D eigenvalue weighted by atomic mass is 35.5. The Bertz CT molecular complexity index is 1140. The van der Waals surface area contributed by atoms with E-state index in [1.165, 1.54) is 0 Å². The number of H-pyrrole nitrogens is 1. The molecule has 7 nitrogen and oxygen atoms in total. The smallest absolute Gasteiger partial charge is 0.255 e. The molecule has 0 saturated heterocycles. The van der Waals surface area contributed by atoms with Gasteiger partial charge in [-0.3, -0.25) is 9.79 Å². The van der Waals surface area contributed by atoms with Crippen LogP contribution < -0.4 is 11.1 Å². The quantitative estimate of drug-likeness (QED) is 0.134. The maximum atomic E-state index is 13.4. The van der Waals surface area contributed by atoms with Gasteiger partial charge in [0.2, 0.25) is 0 Å². The van der Waals surface area contributed by atoms with E-state index >= 15 is 0 Å². The lowest BCUT2D eigenvalue weighted by Crippen LogP contribution is -2.30. The lowest BCUT2D eigenvalue weighted by Gasteiger charge is -2.20. The van der Waals surface area contributed by atoms with Crippen molar-refractivity contribution in [2.45, 2.75) is 58.4 Å². The van der Waals surface area contributed by atoms with Gasteiger partial charge < -0.3 is 21.1 Å². The van der Waals surface area contributed by atoms with Gasteiger partial charge in [-0.2, -0.15) is 0 Å². The molecule has 0 unspecified atom stereocenters. The number of halogens is 1. The third-order valence-electron chi connectivity index (χ3n) is 5.84. The highest BCUT2D eigenvalue weighted by Crippen LogP contribution is 2.33. The summed E-state index contributed by atoms with van der Waals surface area (Å²) in [5.74, 6) is 1.24. The molecule has 5 N–H and O–H groups in total. The minimum absolute atomic E-state index is 0.0275. The van der Waals surface area contributed by atoms with Gasteiger partial charge in [-0.25, -0.2) is 4.98 Å². The van der Waals surface area contributed by atoms with Crippen molar-refractivity contribution >= 4 is 34.4 Å². The number of carbonyl (C=O) groups is 1. The molecule has 1 atom stereocenters. The van der Waals surface area contributed by atoms with Crippen molar-refractivity contribution in [1.82, 2.24) is 15.3 Å². The molecule has 182 valence electrons. The molecule has 0 spiro atoms. The Labute approximate surface area is 205 Å². The van der Waals surface area contributed by atoms with Crippen molar-refractivity contribution in [3.8, 4) is 5.75 Å². The summed E-state index contributed by atoms with van der Waals surface area (Å²) in [5, 5.41) is 14.0. The van der Waals surface area contributed by atoms with Gasteiger partial charge in [0, 0.05) is 6.54 Å². The molecule has 2 aromatic carbocycles. The lowest BCUT2D eigenvalue weighted by atomic mass is 9.91. The normalized spacial score (nSPS) is 13.1. The molecule has 1 heterocycles. The number of aliphatic imine (C=N–C) groups is 1. The van der Waals surface area contributed by atoms with E-state index in [-0.39, 0.29) is 34.9 Å². The molecule has 1 amide bonds. The summed E-state index contributed by atoms with van der Waals surface area (Å²) in [6.45, 7) is 8.65. The number of alkyl halides is 1. The molecule has 8 heteroatoms. The standard InChI is InChI=1S/C26H34ClN5O2/c1-15(2)17-12-18(16(3)4)24(33)19(13-17)26(34)32-22(10-7-11-29-23(28)14-27)25-30-20-8-5-6-9-21(20)31-25/h5-6,8-9,12-13,15-16,22,33H,7,10-11,14H2,1-4H3,(H2,28,29)(H,30,31)(H,32,34)/t22-/m0/s1. The van der Waals surface area contributed by atoms with Gasteiger partial charge in [0.15, 0.2) is 0 Å². The average Bonchev–Trinajstić information content (AvgIpc) is 3.24. The zero-order valence-electron chi connectivity index (χ0n) is 20.2. The van der Waals surface area contributed by atoms with Crippen LogP contribution in [0.5, 0.6) is 5.75 Å². The van der Waals surface area contributed by atoms with E-state index in [1.807, 2.05) is 44.2 Å². The van der Waals surface area contributed by atoms with Gasteiger partial charge in [-0.1, -0.05) is 45.9 Å². The van der Waals surface area contributed by atoms with Crippen LogP contribution in [0.15, 0.2) is 41.4 Å². The molecule has 0 saturated carbocycles. The van der Waals surface area contributed by atoms with Crippen LogP contribution in [0.2, 0.25) is 0 Å². The highest BCUT2D eigenvalue weighted by Gasteiger charge is 2.23. The predicted molar refractivity (Wildman–Crippen MR) is 139 cm³/mol. The third kappa shape index (κ3) is 6.08. The number of phenols is 1. The maximum absolute atomic E-state index is 13.4. The van der Waals surface area contributed by atoms with Gasteiger partial charge in [0.25, 0.3) is 5.91 Å². The second-order valence-corrected chi connectivity index (χ2v) is 9.40. The number of para-hydroxylation sites is 2. The van der Waals surface area contributed by atoms with Crippen LogP contribution in [-0.4, -0.2) is 39.2 Å². The van der Waals surface area contributed by atoms with Crippen molar-refractivity contribution in [1.29, 1.82) is 0 Å². The van der Waals surface area contributed by atoms with Crippen LogP contribution in [0.3, 0.4) is 0 Å². The fraction of sp³-hybridized carbons (Fsp3) is 0.423. The van der Waals surface area contributed by atoms with Crippen LogP contribution in [0, 0.1) is 0 Å². The monoisotopic (exact) mass is 483 g/mol. The first kappa shape index (κ1) is 25.6. The second-order valence-electron chi connectivity index (χ2n) is 9.13. The van der Waals surface area contributed by atoms with E-state index in [4.69, 9.17) is 17.3 Å². The number of aromatic hydroxyl groups is 1. The Kier molecular flexibility index (Phi) is 8.56. The molecule has 0 fully saturated rings. The van der Waals surface area contributed by atoms with Gasteiger partial charge in [-0.05, 0) is 54.0 Å². The number of aromatic nitrogens is 2. The summed E-state index contributed by atoms with van der Waals surface area (Å²) in [6.07, 6.45) is 1.27. The van der Waals surface area contributed by atoms with Gasteiger partial charge in [0.05, 0.1) is 28.5 Å². The minimum atomic E-state index is -0.392. The highest BCUT2D eigenvalue weighted by molar-refractivity contribution is 6.27. The average molecular weight is 484 g/mol. The Balaban J connectivity index is 1.91. The van der Waals surface area contributed by atoms with Crippen molar-refractivity contribution in [2.24, 2.45) is 10.7 Å². The number of benzene rings is 2. The van der Waals surface area contributed by atoms with Crippen molar-refractivity contribution < 1.29 is 9.90 Å². The largest absolute Gasteiger partial charge is 0.507 e. The predicted octanol–water partition coefficient (Wildman–Crippen LogP) is 5.36. The number of amides is 1. The van der Waals surface area contributed by atoms with Crippen molar-refractivity contribution in [3.05, 3.63) is 58.9 Å². The number of amidine groups is 1. The Morgan fingerprint density at radius 3 is 2.59 bits per heavy atom. The molecule has 3 aromatic rings. The number of nitrogens with one attached hydrogen (secondary N) is 2. The van der Waals surface area contributed by atoms with E-state index in [9.17, 15) is 9.90 Å². The third-order valence-corrected chi connectivity index (χ3v) is 6.11. The number of fused-ring (bicyclic) bond motifs is 1. The molecule has 0 aliphatic carbocycles. The number of hydrogen-bond acceptors (Lipinski definition) is 4. The van der Waals surface area contributed by atoms with Crippen LogP contribution in [0.25, 0.3) is 11.0 Å². The molecular weight excluding hydrogens is 450 g/mol. The van der Waals surface area contributed by atoms with Crippen LogP contribution in [0.1, 0.15) is 85.7 Å². The van der Waals surface area contributed by atoms with E-state index in [0.29, 0.717) is 31.0 Å². The summed E-state index contributed by atoms with van der Waals surface area (Å²) < 4.78 is 0. The van der Waals surface area contributed by atoms with Gasteiger partial charge in [-0.15, -0.1) is 11.6 Å². The number of aromatic amines is 1. The number of nitrogens with two attached hydrogens (primary N) is 1. The molecule has 0 radical (unpaired) electrons. The maximum Gasteiger partial charge on any atom is 0.255 e. The van der Waals surface area contributed by atoms with Crippen LogP contribution >= 0.6 is 11.6 Å². The second kappa shape index (κ2) is 11.4. The number of rotatable bonds is 10. The van der Waals surface area contributed by atoms with Gasteiger partial charge >= 0.3 is 0 Å². The Hall–Kier alpha value is -3.06. The van der Waals surface area contributed by atoms with Crippen LogP contribution in [0.4, 0.5) is 0 Å². The fourth-order valence-corrected chi connectivity index (χ4v) is 3.92. The first-order valence-corrected chi connectivity index (χ1v) is 12.2. The number of nitrogens with zero attached hydrogens (tertiary/aromatic N) is 2. The summed E-state index contributed by atoms with van der Waals surface area (Å²) in [7, 11) is 0. The zero-order valence-corrected chi connectivity index (χ0v) is 21.0. The van der Waals surface area contributed by atoms with Crippen LogP contribution in [-0.2, 0) is 0 Å². The Morgan fingerprint density at radius 2 is 1.94 bits per heavy atom. The van der Waals surface area contributed by atoms with E-state index < -0.39 is 6.04 Å². The molecule has 0 aliphatic rings. The fourth-order valence-electron chi connectivity index (χ4n) is 3.84. The molecule has 34 heavy (non-hydrogen) atoms. The number of carbonyl (C=O) groups excluding carboxylic acids is 1. The Morgan fingerprint density at radius 1 is 1.21 bits per heavy atom. The van der Waals surface area contributed by atoms with E-state index in [1.54, 1.807) is 6.07 Å². The zero-order chi connectivity index (χ0) is 24.8. The number of hydrogen-bond donors (Lipinski definition) is 4. The summed E-state index contributed by atoms with van der Waals surface area (Å²) in [5.41, 5.74) is 9.48. The summed E-state index contributed by atoms with van der Waals surface area (Å²) in [6, 6.07) is 11.1. The summed E-state index contributed by atoms with van der Waals surface area (Å²) in [4.78, 5) is 25.7. The van der Waals surface area contributed by atoms with E-state index in [0.717, 1.165) is 22.2 Å². The lowest BCUT2D eigenvalue weighted by molar-refractivity contribution is 0.0929. The minimum Gasteiger partial charge on any atom is -0.507 e. The molecule has 0 bridgehead atoms. The number of imidazole rings is 1. The first-order valence-electron chi connectivity index (χ1n) is 11.7. The van der Waals surface area contributed by atoms with Crippen molar-refractivity contribution in [3.63, 3.8) is 0 Å². The topological polar surface area (TPSA) is 116 Å². The molecule has 3 rings (SSSR count).